The summed E-state index contributed by atoms with van der Waals surface area (Å²) in [5.74, 6) is 0.190. The van der Waals surface area contributed by atoms with Crippen LogP contribution in [-0.4, -0.2) is 40.8 Å². The first-order valence-corrected chi connectivity index (χ1v) is 5.79. The minimum atomic E-state index is -0.577. The quantitative estimate of drug-likeness (QED) is 0.762. The van der Waals surface area contributed by atoms with Gasteiger partial charge in [0.25, 0.3) is 0 Å². The number of aromatic nitrogens is 2. The number of nitrogens with zero attached hydrogens (tertiary/aromatic N) is 2. The van der Waals surface area contributed by atoms with Crippen LogP contribution in [-0.2, 0) is 4.74 Å². The number of hydrogen-bond acceptors (Lipinski definition) is 6. The summed E-state index contributed by atoms with van der Waals surface area (Å²) in [6, 6.07) is 1.60. The molecule has 0 fully saturated rings. The summed E-state index contributed by atoms with van der Waals surface area (Å²) < 4.78 is 4.58. The first-order chi connectivity index (χ1) is 8.47. The standard InChI is InChI=1S/C12H19N3O3/c1-7(2)9(6-16)14-10-5-8(3)13-11(15-10)12(17)18-4/h5,7,9,16H,6H2,1-4H3,(H,13,14,15). The second-order valence-electron chi connectivity index (χ2n) is 4.39. The molecule has 2 N–H and O–H groups in total. The van der Waals surface area contributed by atoms with E-state index in [1.807, 2.05) is 13.8 Å². The second-order valence-corrected chi connectivity index (χ2v) is 4.39. The number of methoxy groups -OCH3 is 1. The highest BCUT2D eigenvalue weighted by molar-refractivity contribution is 5.85. The minimum Gasteiger partial charge on any atom is -0.463 e. The van der Waals surface area contributed by atoms with Gasteiger partial charge >= 0.3 is 5.97 Å². The van der Waals surface area contributed by atoms with Crippen LogP contribution in [0.4, 0.5) is 5.82 Å². The lowest BCUT2D eigenvalue weighted by Crippen LogP contribution is -2.30. The third-order valence-electron chi connectivity index (χ3n) is 2.56. The highest BCUT2D eigenvalue weighted by Crippen LogP contribution is 2.12. The predicted molar refractivity (Wildman–Crippen MR) is 67.4 cm³/mol. The van der Waals surface area contributed by atoms with E-state index in [0.717, 1.165) is 0 Å². The summed E-state index contributed by atoms with van der Waals surface area (Å²) in [6.07, 6.45) is 0. The van der Waals surface area contributed by atoms with Gasteiger partial charge in [-0.25, -0.2) is 14.8 Å². The lowest BCUT2D eigenvalue weighted by molar-refractivity contribution is 0.0586. The SMILES string of the molecule is COC(=O)c1nc(C)cc(NC(CO)C(C)C)n1. The van der Waals surface area contributed by atoms with Crippen molar-refractivity contribution in [2.75, 3.05) is 19.0 Å². The van der Waals surface area contributed by atoms with Crippen molar-refractivity contribution >= 4 is 11.8 Å². The van der Waals surface area contributed by atoms with Crippen LogP contribution < -0.4 is 5.32 Å². The van der Waals surface area contributed by atoms with E-state index in [-0.39, 0.29) is 24.4 Å². The Morgan fingerprint density at radius 2 is 2.17 bits per heavy atom. The van der Waals surface area contributed by atoms with E-state index in [2.05, 4.69) is 20.0 Å². The van der Waals surface area contributed by atoms with Crippen molar-refractivity contribution in [2.45, 2.75) is 26.8 Å². The minimum absolute atomic E-state index is 0.00568. The van der Waals surface area contributed by atoms with Gasteiger partial charge in [0.1, 0.15) is 5.82 Å². The summed E-state index contributed by atoms with van der Waals surface area (Å²) in [5.41, 5.74) is 0.661. The first kappa shape index (κ1) is 14.4. The van der Waals surface area contributed by atoms with E-state index < -0.39 is 5.97 Å². The third-order valence-corrected chi connectivity index (χ3v) is 2.56. The molecule has 0 aliphatic heterocycles. The van der Waals surface area contributed by atoms with Gasteiger partial charge in [0.15, 0.2) is 0 Å². The average Bonchev–Trinajstić information content (AvgIpc) is 2.33. The average molecular weight is 253 g/mol. The second kappa shape index (κ2) is 6.30. The van der Waals surface area contributed by atoms with Crippen molar-refractivity contribution in [2.24, 2.45) is 5.92 Å². The molecule has 0 aromatic carbocycles. The number of rotatable bonds is 5. The Morgan fingerprint density at radius 3 is 2.67 bits per heavy atom. The molecule has 0 amide bonds. The summed E-state index contributed by atoms with van der Waals surface area (Å²) in [5, 5.41) is 12.3. The lowest BCUT2D eigenvalue weighted by Gasteiger charge is -2.20. The van der Waals surface area contributed by atoms with Crippen molar-refractivity contribution in [1.82, 2.24) is 9.97 Å². The molecule has 1 heterocycles. The number of aryl methyl sites for hydroxylation is 1. The van der Waals surface area contributed by atoms with Crippen LogP contribution in [0.5, 0.6) is 0 Å². The summed E-state index contributed by atoms with van der Waals surface area (Å²) in [7, 11) is 1.28. The molecule has 0 spiro atoms. The zero-order valence-electron chi connectivity index (χ0n) is 11.1. The molecule has 6 heteroatoms. The number of ether oxygens (including phenoxy) is 1. The molecule has 0 saturated carbocycles. The van der Waals surface area contributed by atoms with E-state index in [0.29, 0.717) is 11.5 Å². The molecular formula is C12H19N3O3. The molecule has 1 aromatic heterocycles. The first-order valence-electron chi connectivity index (χ1n) is 5.79. The van der Waals surface area contributed by atoms with Crippen LogP contribution in [0.25, 0.3) is 0 Å². The number of hydrogen-bond donors (Lipinski definition) is 2. The van der Waals surface area contributed by atoms with Crippen molar-refractivity contribution < 1.29 is 14.6 Å². The Balaban J connectivity index is 2.95. The lowest BCUT2D eigenvalue weighted by atomic mass is 10.1. The topological polar surface area (TPSA) is 84.3 Å². The normalized spacial score (nSPS) is 12.3. The van der Waals surface area contributed by atoms with Gasteiger partial charge in [-0.05, 0) is 12.8 Å². The zero-order chi connectivity index (χ0) is 13.7. The fraction of sp³-hybridized carbons (Fsp3) is 0.583. The van der Waals surface area contributed by atoms with Gasteiger partial charge in [-0.2, -0.15) is 0 Å². The Kier molecular flexibility index (Phi) is 5.03. The molecular weight excluding hydrogens is 234 g/mol. The van der Waals surface area contributed by atoms with Crippen LogP contribution >= 0.6 is 0 Å². The fourth-order valence-corrected chi connectivity index (χ4v) is 1.44. The van der Waals surface area contributed by atoms with Crippen LogP contribution in [0.1, 0.15) is 30.2 Å². The maximum Gasteiger partial charge on any atom is 0.376 e. The van der Waals surface area contributed by atoms with Crippen molar-refractivity contribution in [3.63, 3.8) is 0 Å². The zero-order valence-corrected chi connectivity index (χ0v) is 11.1. The third kappa shape index (κ3) is 3.66. The predicted octanol–water partition coefficient (Wildman–Crippen LogP) is 1.00. The van der Waals surface area contributed by atoms with Crippen molar-refractivity contribution in [1.29, 1.82) is 0 Å². The highest BCUT2D eigenvalue weighted by Gasteiger charge is 2.15. The van der Waals surface area contributed by atoms with Crippen LogP contribution in [0.15, 0.2) is 6.07 Å². The molecule has 0 bridgehead atoms. The maximum absolute atomic E-state index is 11.4. The molecule has 1 unspecified atom stereocenters. The molecule has 0 aliphatic rings. The summed E-state index contributed by atoms with van der Waals surface area (Å²) in [4.78, 5) is 19.4. The smallest absolute Gasteiger partial charge is 0.376 e. The molecule has 100 valence electrons. The van der Waals surface area contributed by atoms with Crippen molar-refractivity contribution in [3.05, 3.63) is 17.6 Å². The number of carbonyl (C=O) groups is 1. The molecule has 18 heavy (non-hydrogen) atoms. The van der Waals surface area contributed by atoms with Gasteiger partial charge in [-0.1, -0.05) is 13.8 Å². The molecule has 1 aromatic rings. The van der Waals surface area contributed by atoms with Gasteiger partial charge in [0.2, 0.25) is 5.82 Å². The van der Waals surface area contributed by atoms with E-state index in [4.69, 9.17) is 0 Å². The number of esters is 1. The van der Waals surface area contributed by atoms with Crippen molar-refractivity contribution in [3.8, 4) is 0 Å². The molecule has 1 rings (SSSR count). The van der Waals surface area contributed by atoms with Crippen LogP contribution in [0, 0.1) is 12.8 Å². The van der Waals surface area contributed by atoms with Crippen LogP contribution in [0.3, 0.4) is 0 Å². The van der Waals surface area contributed by atoms with Gasteiger partial charge in [0, 0.05) is 11.8 Å². The van der Waals surface area contributed by atoms with Crippen LogP contribution in [0.2, 0.25) is 0 Å². The number of aliphatic hydroxyl groups excluding tert-OH is 1. The Morgan fingerprint density at radius 1 is 1.50 bits per heavy atom. The van der Waals surface area contributed by atoms with Gasteiger partial charge in [-0.3, -0.25) is 0 Å². The monoisotopic (exact) mass is 253 g/mol. The fourth-order valence-electron chi connectivity index (χ4n) is 1.44. The van der Waals surface area contributed by atoms with Gasteiger partial charge in [0.05, 0.1) is 19.8 Å². The summed E-state index contributed by atoms with van der Waals surface area (Å²) >= 11 is 0. The van der Waals surface area contributed by atoms with E-state index in [1.54, 1.807) is 13.0 Å². The number of carbonyl (C=O) groups excluding carboxylic acids is 1. The molecule has 6 nitrogen and oxygen atoms in total. The van der Waals surface area contributed by atoms with Gasteiger partial charge in [-0.15, -0.1) is 0 Å². The number of anilines is 1. The van der Waals surface area contributed by atoms with E-state index in [1.165, 1.54) is 7.11 Å². The van der Waals surface area contributed by atoms with Gasteiger partial charge < -0.3 is 15.2 Å². The van der Waals surface area contributed by atoms with E-state index >= 15 is 0 Å². The molecule has 1 atom stereocenters. The maximum atomic E-state index is 11.4. The molecule has 0 saturated heterocycles. The summed E-state index contributed by atoms with van der Waals surface area (Å²) in [6.45, 7) is 5.74. The molecule has 0 aliphatic carbocycles. The highest BCUT2D eigenvalue weighted by atomic mass is 16.5. The Bertz CT molecular complexity index is 421. The van der Waals surface area contributed by atoms with E-state index in [9.17, 15) is 9.90 Å². The largest absolute Gasteiger partial charge is 0.463 e. The Hall–Kier alpha value is -1.69. The Labute approximate surface area is 106 Å². The number of nitrogens with one attached hydrogen (secondary N) is 1. The number of aliphatic hydroxyl groups is 1. The molecule has 0 radical (unpaired) electrons.